The van der Waals surface area contributed by atoms with E-state index in [1.54, 1.807) is 14.2 Å². The second-order valence-corrected chi connectivity index (χ2v) is 7.81. The van der Waals surface area contributed by atoms with E-state index in [0.29, 0.717) is 35.1 Å². The molecule has 1 aromatic carbocycles. The molecule has 0 saturated heterocycles. The highest BCUT2D eigenvalue weighted by atomic mass is 32.2. The summed E-state index contributed by atoms with van der Waals surface area (Å²) in [5, 5.41) is 13.0. The van der Waals surface area contributed by atoms with Crippen LogP contribution < -0.4 is 14.8 Å². The maximum Gasteiger partial charge on any atom is 0.230 e. The molecule has 0 unspecified atom stereocenters. The number of thioether (sulfide) groups is 1. The highest BCUT2D eigenvalue weighted by Gasteiger charge is 2.16. The van der Waals surface area contributed by atoms with Gasteiger partial charge in [-0.1, -0.05) is 17.8 Å². The first-order chi connectivity index (χ1) is 14.1. The zero-order valence-corrected chi connectivity index (χ0v) is 17.6. The van der Waals surface area contributed by atoms with Crippen LogP contribution >= 0.6 is 11.8 Å². The molecule has 1 amide bonds. The Hall–Kier alpha value is -2.72. The van der Waals surface area contributed by atoms with Crippen molar-refractivity contribution in [3.05, 3.63) is 46.6 Å². The molecule has 0 radical (unpaired) electrons. The third kappa shape index (κ3) is 5.42. The maximum absolute atomic E-state index is 12.2. The fourth-order valence-corrected chi connectivity index (χ4v) is 4.18. The average molecular weight is 412 g/mol. The van der Waals surface area contributed by atoms with Crippen molar-refractivity contribution in [2.24, 2.45) is 0 Å². The Morgan fingerprint density at radius 2 is 2.00 bits per heavy atom. The number of amides is 1. The molecule has 1 aromatic heterocycles. The number of nitrogens with one attached hydrogen (secondary N) is 1. The number of hydrogen-bond acceptors (Lipinski definition) is 6. The van der Waals surface area contributed by atoms with Gasteiger partial charge in [0.2, 0.25) is 5.91 Å². The van der Waals surface area contributed by atoms with E-state index < -0.39 is 0 Å². The van der Waals surface area contributed by atoms with E-state index in [4.69, 9.17) is 9.47 Å². The number of fused-ring (bicyclic) bond motifs is 1. The number of pyridine rings is 1. The highest BCUT2D eigenvalue weighted by molar-refractivity contribution is 8.00. The zero-order valence-electron chi connectivity index (χ0n) is 16.8. The van der Waals surface area contributed by atoms with Crippen molar-refractivity contribution in [1.82, 2.24) is 10.3 Å². The SMILES string of the molecule is COc1ccc(CCNC(=O)CSc2nc3c(cc2C#N)CCCC3)cc1OC. The number of nitrogens with zero attached hydrogens (tertiary/aromatic N) is 2. The van der Waals surface area contributed by atoms with Crippen LogP contribution in [0, 0.1) is 11.3 Å². The van der Waals surface area contributed by atoms with Gasteiger partial charge >= 0.3 is 0 Å². The molecule has 0 bridgehead atoms. The number of ether oxygens (including phenoxy) is 2. The van der Waals surface area contributed by atoms with Gasteiger partial charge in [0.25, 0.3) is 0 Å². The summed E-state index contributed by atoms with van der Waals surface area (Å²) in [5.41, 5.74) is 3.87. The van der Waals surface area contributed by atoms with Gasteiger partial charge in [-0.15, -0.1) is 0 Å². The maximum atomic E-state index is 12.2. The Morgan fingerprint density at radius 3 is 2.76 bits per heavy atom. The number of benzene rings is 1. The molecule has 1 aliphatic carbocycles. The minimum atomic E-state index is -0.0705. The first kappa shape index (κ1) is 21.0. The number of rotatable bonds is 8. The van der Waals surface area contributed by atoms with Crippen LogP contribution in [0.15, 0.2) is 29.3 Å². The third-order valence-corrected chi connectivity index (χ3v) is 5.90. The number of aryl methyl sites for hydroxylation is 2. The largest absolute Gasteiger partial charge is 0.493 e. The van der Waals surface area contributed by atoms with Crippen LogP contribution in [0.4, 0.5) is 0 Å². The normalized spacial score (nSPS) is 12.6. The molecule has 0 atom stereocenters. The van der Waals surface area contributed by atoms with Crippen LogP contribution in [0.5, 0.6) is 11.5 Å². The van der Waals surface area contributed by atoms with Gasteiger partial charge in [-0.2, -0.15) is 5.26 Å². The Morgan fingerprint density at radius 1 is 1.21 bits per heavy atom. The first-order valence-corrected chi connectivity index (χ1v) is 10.7. The number of nitriles is 1. The Kier molecular flexibility index (Phi) is 7.36. The van der Waals surface area contributed by atoms with Crippen molar-refractivity contribution in [1.29, 1.82) is 5.26 Å². The fourth-order valence-electron chi connectivity index (χ4n) is 3.37. The van der Waals surface area contributed by atoms with E-state index in [1.165, 1.54) is 17.3 Å². The summed E-state index contributed by atoms with van der Waals surface area (Å²) in [5.74, 6) is 1.53. The van der Waals surface area contributed by atoms with E-state index in [9.17, 15) is 10.1 Å². The number of carbonyl (C=O) groups excluding carboxylic acids is 1. The third-order valence-electron chi connectivity index (χ3n) is 4.91. The molecule has 0 fully saturated rings. The summed E-state index contributed by atoms with van der Waals surface area (Å²) in [7, 11) is 3.20. The fraction of sp³-hybridized carbons (Fsp3) is 0.409. The summed E-state index contributed by atoms with van der Waals surface area (Å²) in [6, 6.07) is 9.89. The molecule has 7 heteroatoms. The molecule has 2 aromatic rings. The van der Waals surface area contributed by atoms with Crippen LogP contribution in [0.1, 0.15) is 35.2 Å². The molecule has 0 aliphatic heterocycles. The zero-order chi connectivity index (χ0) is 20.6. The average Bonchev–Trinajstić information content (AvgIpc) is 2.76. The van der Waals surface area contributed by atoms with Crippen LogP contribution in [-0.2, 0) is 24.1 Å². The summed E-state index contributed by atoms with van der Waals surface area (Å²) >= 11 is 1.33. The van der Waals surface area contributed by atoms with Crippen LogP contribution in [0.3, 0.4) is 0 Å². The van der Waals surface area contributed by atoms with Gasteiger partial charge in [0.1, 0.15) is 11.1 Å². The predicted octanol–water partition coefficient (Wildman–Crippen LogP) is 3.30. The Bertz CT molecular complexity index is 924. The quantitative estimate of drug-likeness (QED) is 0.671. The molecule has 0 saturated carbocycles. The van der Waals surface area contributed by atoms with Gasteiger partial charge in [0.05, 0.1) is 25.5 Å². The van der Waals surface area contributed by atoms with Gasteiger partial charge in [-0.3, -0.25) is 4.79 Å². The van der Waals surface area contributed by atoms with Gasteiger partial charge in [0, 0.05) is 12.2 Å². The number of aromatic nitrogens is 1. The molecule has 1 aliphatic rings. The molecule has 29 heavy (non-hydrogen) atoms. The molecule has 0 spiro atoms. The lowest BCUT2D eigenvalue weighted by Crippen LogP contribution is -2.27. The van der Waals surface area contributed by atoms with Crippen LogP contribution in [0.25, 0.3) is 0 Å². The predicted molar refractivity (Wildman–Crippen MR) is 113 cm³/mol. The van der Waals surface area contributed by atoms with Gasteiger partial charge in [0.15, 0.2) is 11.5 Å². The second kappa shape index (κ2) is 10.2. The standard InChI is InChI=1S/C22H25N3O3S/c1-27-19-8-7-15(11-20(19)28-2)9-10-24-21(26)14-29-22-17(13-23)12-16-5-3-4-6-18(16)25-22/h7-8,11-12H,3-6,9-10,14H2,1-2H3,(H,24,26). The van der Waals surface area contributed by atoms with E-state index in [2.05, 4.69) is 16.4 Å². The van der Waals surface area contributed by atoms with Crippen molar-refractivity contribution >= 4 is 17.7 Å². The first-order valence-electron chi connectivity index (χ1n) is 9.68. The number of hydrogen-bond donors (Lipinski definition) is 1. The van der Waals surface area contributed by atoms with E-state index >= 15 is 0 Å². The number of carbonyl (C=O) groups is 1. The molecule has 1 N–H and O–H groups in total. The minimum Gasteiger partial charge on any atom is -0.493 e. The lowest BCUT2D eigenvalue weighted by molar-refractivity contribution is -0.118. The van der Waals surface area contributed by atoms with Gasteiger partial charge < -0.3 is 14.8 Å². The van der Waals surface area contributed by atoms with Gasteiger partial charge in [-0.25, -0.2) is 4.98 Å². The van der Waals surface area contributed by atoms with Gasteiger partial charge in [-0.05, 0) is 61.4 Å². The van der Waals surface area contributed by atoms with E-state index in [0.717, 1.165) is 36.9 Å². The van der Waals surface area contributed by atoms with Crippen molar-refractivity contribution in [3.63, 3.8) is 0 Å². The van der Waals surface area contributed by atoms with Crippen LogP contribution in [0.2, 0.25) is 0 Å². The monoisotopic (exact) mass is 411 g/mol. The molecule has 1 heterocycles. The summed E-state index contributed by atoms with van der Waals surface area (Å²) < 4.78 is 10.5. The smallest absolute Gasteiger partial charge is 0.230 e. The van der Waals surface area contributed by atoms with Crippen molar-refractivity contribution in [3.8, 4) is 17.6 Å². The van der Waals surface area contributed by atoms with Crippen molar-refractivity contribution in [2.75, 3.05) is 26.5 Å². The lowest BCUT2D eigenvalue weighted by atomic mass is 9.95. The summed E-state index contributed by atoms with van der Waals surface area (Å²) in [6.07, 6.45) is 4.91. The minimum absolute atomic E-state index is 0.0705. The molecular weight excluding hydrogens is 386 g/mol. The van der Waals surface area contributed by atoms with Crippen molar-refractivity contribution < 1.29 is 14.3 Å². The topological polar surface area (TPSA) is 84.2 Å². The summed E-state index contributed by atoms with van der Waals surface area (Å²) in [4.78, 5) is 16.9. The Balaban J connectivity index is 1.51. The van der Waals surface area contributed by atoms with E-state index in [1.807, 2.05) is 24.3 Å². The van der Waals surface area contributed by atoms with E-state index in [-0.39, 0.29) is 11.7 Å². The summed E-state index contributed by atoms with van der Waals surface area (Å²) in [6.45, 7) is 0.525. The number of methoxy groups -OCH3 is 2. The lowest BCUT2D eigenvalue weighted by Gasteiger charge is -2.16. The van der Waals surface area contributed by atoms with Crippen LogP contribution in [-0.4, -0.2) is 37.4 Å². The molecule has 6 nitrogen and oxygen atoms in total. The van der Waals surface area contributed by atoms with Crippen molar-refractivity contribution in [2.45, 2.75) is 37.1 Å². The molecule has 152 valence electrons. The highest BCUT2D eigenvalue weighted by Crippen LogP contribution is 2.28. The molecule has 3 rings (SSSR count). The molecular formula is C22H25N3O3S. The Labute approximate surface area is 175 Å². The second-order valence-electron chi connectivity index (χ2n) is 6.84.